The number of methoxy groups -OCH3 is 1. The van der Waals surface area contributed by atoms with Gasteiger partial charge in [0.05, 0.1) is 12.4 Å². The van der Waals surface area contributed by atoms with E-state index in [9.17, 15) is 8.42 Å². The highest BCUT2D eigenvalue weighted by atomic mass is 32.2. The van der Waals surface area contributed by atoms with Gasteiger partial charge >= 0.3 is 0 Å². The molecule has 0 saturated carbocycles. The zero-order valence-corrected chi connectivity index (χ0v) is 17.7. The lowest BCUT2D eigenvalue weighted by Crippen LogP contribution is -2.33. The maximum absolute atomic E-state index is 13.1. The lowest BCUT2D eigenvalue weighted by molar-refractivity contribution is 0.267. The van der Waals surface area contributed by atoms with Crippen LogP contribution >= 0.6 is 0 Å². The average molecular weight is 416 g/mol. The largest absolute Gasteiger partial charge is 0.497 e. The summed E-state index contributed by atoms with van der Waals surface area (Å²) in [6.07, 6.45) is 6.05. The fraction of sp³-hybridized carbons (Fsp3) is 0.500. The van der Waals surface area contributed by atoms with Crippen molar-refractivity contribution in [2.45, 2.75) is 31.1 Å². The predicted octanol–water partition coefficient (Wildman–Crippen LogP) is 2.56. The highest BCUT2D eigenvalue weighted by Gasteiger charge is 2.46. The number of fused-ring (bicyclic) bond motifs is 1. The van der Waals surface area contributed by atoms with Crippen molar-refractivity contribution in [3.63, 3.8) is 0 Å². The Morgan fingerprint density at radius 1 is 1.10 bits per heavy atom. The fourth-order valence-electron chi connectivity index (χ4n) is 4.52. The van der Waals surface area contributed by atoms with Crippen molar-refractivity contribution in [2.75, 3.05) is 33.3 Å². The molecule has 2 fully saturated rings. The summed E-state index contributed by atoms with van der Waals surface area (Å²) in [5, 5.41) is -0.239. The summed E-state index contributed by atoms with van der Waals surface area (Å²) < 4.78 is 33.2. The van der Waals surface area contributed by atoms with E-state index in [4.69, 9.17) is 4.74 Å². The Balaban J connectivity index is 1.35. The lowest BCUT2D eigenvalue weighted by atomic mass is 10.0. The number of sulfonamides is 1. The highest BCUT2D eigenvalue weighted by Crippen LogP contribution is 2.34. The van der Waals surface area contributed by atoms with Crippen molar-refractivity contribution in [3.8, 4) is 5.75 Å². The molecule has 1 aromatic carbocycles. The molecule has 1 aromatic heterocycles. The summed E-state index contributed by atoms with van der Waals surface area (Å²) in [5.41, 5.74) is 2.32. The van der Waals surface area contributed by atoms with E-state index in [0.717, 1.165) is 43.8 Å². The SMILES string of the molecule is COc1ccc(CCN2C[C@H]3CCN(Cc4cccnc4)CC[C@H]3S2(=O)=O)cc1. The molecule has 2 saturated heterocycles. The number of nitrogens with zero attached hydrogens (tertiary/aromatic N) is 3. The zero-order valence-electron chi connectivity index (χ0n) is 16.9. The van der Waals surface area contributed by atoms with Crippen LogP contribution in [0.15, 0.2) is 48.8 Å². The van der Waals surface area contributed by atoms with E-state index in [2.05, 4.69) is 16.0 Å². The van der Waals surface area contributed by atoms with Crippen LogP contribution in [-0.4, -0.2) is 61.1 Å². The third kappa shape index (κ3) is 4.63. The van der Waals surface area contributed by atoms with Gasteiger partial charge in [0.1, 0.15) is 5.75 Å². The number of hydrogen-bond donors (Lipinski definition) is 0. The van der Waals surface area contributed by atoms with E-state index < -0.39 is 10.0 Å². The van der Waals surface area contributed by atoms with E-state index in [1.54, 1.807) is 17.6 Å². The van der Waals surface area contributed by atoms with Gasteiger partial charge in [-0.1, -0.05) is 18.2 Å². The van der Waals surface area contributed by atoms with E-state index >= 15 is 0 Å². The molecule has 2 aromatic rings. The first-order valence-electron chi connectivity index (χ1n) is 10.3. The molecule has 156 valence electrons. The first-order chi connectivity index (χ1) is 14.1. The summed E-state index contributed by atoms with van der Waals surface area (Å²) in [6.45, 7) is 3.82. The van der Waals surface area contributed by atoms with Gasteiger partial charge in [-0.2, -0.15) is 0 Å². The Labute approximate surface area is 173 Å². The number of rotatable bonds is 6. The molecule has 0 amide bonds. The molecule has 0 unspecified atom stereocenters. The van der Waals surface area contributed by atoms with Gasteiger partial charge in [0.2, 0.25) is 10.0 Å². The van der Waals surface area contributed by atoms with Crippen molar-refractivity contribution in [2.24, 2.45) is 5.92 Å². The molecule has 4 rings (SSSR count). The van der Waals surface area contributed by atoms with Crippen LogP contribution in [0.3, 0.4) is 0 Å². The van der Waals surface area contributed by atoms with Crippen LogP contribution < -0.4 is 4.74 Å². The van der Waals surface area contributed by atoms with E-state index in [-0.39, 0.29) is 11.2 Å². The molecular weight excluding hydrogens is 386 g/mol. The summed E-state index contributed by atoms with van der Waals surface area (Å²) in [6, 6.07) is 11.9. The van der Waals surface area contributed by atoms with Crippen LogP contribution in [0.5, 0.6) is 5.75 Å². The van der Waals surface area contributed by atoms with Crippen LogP contribution in [-0.2, 0) is 23.0 Å². The molecule has 0 N–H and O–H groups in total. The molecule has 0 radical (unpaired) electrons. The van der Waals surface area contributed by atoms with Crippen LogP contribution in [0.4, 0.5) is 0 Å². The van der Waals surface area contributed by atoms with Gasteiger partial charge in [0, 0.05) is 32.0 Å². The minimum atomic E-state index is -3.22. The van der Waals surface area contributed by atoms with Crippen molar-refractivity contribution in [3.05, 3.63) is 59.9 Å². The maximum Gasteiger partial charge on any atom is 0.217 e. The van der Waals surface area contributed by atoms with Crippen molar-refractivity contribution in [1.29, 1.82) is 0 Å². The van der Waals surface area contributed by atoms with Gasteiger partial charge in [-0.25, -0.2) is 12.7 Å². The number of likely N-dealkylation sites (tertiary alicyclic amines) is 1. The van der Waals surface area contributed by atoms with Crippen molar-refractivity contribution < 1.29 is 13.2 Å². The Morgan fingerprint density at radius 2 is 1.90 bits per heavy atom. The van der Waals surface area contributed by atoms with Crippen LogP contribution in [0.2, 0.25) is 0 Å². The minimum Gasteiger partial charge on any atom is -0.497 e. The van der Waals surface area contributed by atoms with Gasteiger partial charge in [-0.05, 0) is 67.6 Å². The molecule has 0 aliphatic carbocycles. The van der Waals surface area contributed by atoms with Crippen molar-refractivity contribution >= 4 is 10.0 Å². The maximum atomic E-state index is 13.1. The summed E-state index contributed by atoms with van der Waals surface area (Å²) in [4.78, 5) is 6.55. The third-order valence-corrected chi connectivity index (χ3v) is 8.63. The van der Waals surface area contributed by atoms with Gasteiger partial charge < -0.3 is 4.74 Å². The molecule has 3 heterocycles. The molecule has 6 nitrogen and oxygen atoms in total. The normalized spacial score (nSPS) is 24.7. The van der Waals surface area contributed by atoms with Gasteiger partial charge in [0.15, 0.2) is 0 Å². The Hall–Kier alpha value is -1.96. The first kappa shape index (κ1) is 20.3. The second kappa shape index (κ2) is 8.81. The zero-order chi connectivity index (χ0) is 20.3. The van der Waals surface area contributed by atoms with Gasteiger partial charge in [0.25, 0.3) is 0 Å². The quantitative estimate of drug-likeness (QED) is 0.726. The molecule has 2 aliphatic heterocycles. The molecule has 0 bridgehead atoms. The third-order valence-electron chi connectivity index (χ3n) is 6.19. The lowest BCUT2D eigenvalue weighted by Gasteiger charge is -2.21. The standard InChI is InChI=1S/C22H29N3O3S/c1-28-21-6-4-18(5-7-21)8-14-25-17-20-9-12-24(13-10-22(20)29(25,26)27)16-19-3-2-11-23-15-19/h2-7,11,15,20,22H,8-10,12-14,16-17H2,1H3/t20-,22-/m1/s1. The topological polar surface area (TPSA) is 62.7 Å². The molecule has 7 heteroatoms. The highest BCUT2D eigenvalue weighted by molar-refractivity contribution is 7.90. The molecule has 0 spiro atoms. The number of ether oxygens (including phenoxy) is 1. The second-order valence-corrected chi connectivity index (χ2v) is 10.2. The average Bonchev–Trinajstić information content (AvgIpc) is 2.86. The molecule has 29 heavy (non-hydrogen) atoms. The smallest absolute Gasteiger partial charge is 0.217 e. The van der Waals surface area contributed by atoms with Crippen LogP contribution in [0.25, 0.3) is 0 Å². The summed E-state index contributed by atoms with van der Waals surface area (Å²) >= 11 is 0. The Morgan fingerprint density at radius 3 is 2.62 bits per heavy atom. The Bertz CT molecular complexity index is 903. The first-order valence-corrected chi connectivity index (χ1v) is 11.8. The van der Waals surface area contributed by atoms with Gasteiger partial charge in [-0.3, -0.25) is 9.88 Å². The fourth-order valence-corrected chi connectivity index (χ4v) is 6.76. The predicted molar refractivity (Wildman–Crippen MR) is 113 cm³/mol. The number of aromatic nitrogens is 1. The van der Waals surface area contributed by atoms with E-state index in [1.807, 2.05) is 36.5 Å². The van der Waals surface area contributed by atoms with Gasteiger partial charge in [-0.15, -0.1) is 0 Å². The molecular formula is C22H29N3O3S. The van der Waals surface area contributed by atoms with E-state index in [1.165, 1.54) is 5.56 Å². The molecule has 2 atom stereocenters. The van der Waals surface area contributed by atoms with Crippen molar-refractivity contribution in [1.82, 2.24) is 14.2 Å². The minimum absolute atomic E-state index is 0.231. The monoisotopic (exact) mass is 415 g/mol. The van der Waals surface area contributed by atoms with Crippen LogP contribution in [0, 0.1) is 5.92 Å². The Kier molecular flexibility index (Phi) is 6.18. The summed E-state index contributed by atoms with van der Waals surface area (Å²) in [7, 11) is -1.57. The number of pyridine rings is 1. The summed E-state index contributed by atoms with van der Waals surface area (Å²) in [5.74, 6) is 1.05. The number of hydrogen-bond acceptors (Lipinski definition) is 5. The number of benzene rings is 1. The second-order valence-electron chi connectivity index (χ2n) is 8.01. The van der Waals surface area contributed by atoms with Crippen LogP contribution in [0.1, 0.15) is 24.0 Å². The van der Waals surface area contributed by atoms with E-state index in [0.29, 0.717) is 19.5 Å². The molecule has 2 aliphatic rings.